The number of ether oxygens (including phenoxy) is 1. The van der Waals surface area contributed by atoms with Crippen molar-refractivity contribution in [2.24, 2.45) is 17.6 Å². The van der Waals surface area contributed by atoms with Crippen LogP contribution in [0.2, 0.25) is 0 Å². The number of nitrogens with two attached hydrogens (primary N) is 1. The molecule has 1 saturated heterocycles. The van der Waals surface area contributed by atoms with Crippen LogP contribution in [-0.4, -0.2) is 76.9 Å². The van der Waals surface area contributed by atoms with Crippen LogP contribution < -0.4 is 16.4 Å². The first-order valence-electron chi connectivity index (χ1n) is 17.7. The average molecular weight is 681 g/mol. The second kappa shape index (κ2) is 18.1. The smallest absolute Gasteiger partial charge is 0.306 e. The first-order valence-corrected chi connectivity index (χ1v) is 18.7. The molecule has 2 fully saturated rings. The van der Waals surface area contributed by atoms with E-state index < -0.39 is 12.1 Å². The number of thioether (sulfide) groups is 1. The molecule has 5 atom stereocenters. The molecule has 10 heteroatoms. The number of amides is 2. The lowest BCUT2D eigenvalue weighted by Gasteiger charge is -2.47. The highest BCUT2D eigenvalue weighted by atomic mass is 32.2. The largest absolute Gasteiger partial charge is 0.508 e. The number of piperidine rings is 1. The number of benzene rings is 2. The summed E-state index contributed by atoms with van der Waals surface area (Å²) in [7, 11) is 0. The van der Waals surface area contributed by atoms with Gasteiger partial charge >= 0.3 is 5.97 Å². The Morgan fingerprint density at radius 1 is 1.02 bits per heavy atom. The van der Waals surface area contributed by atoms with Crippen molar-refractivity contribution in [1.29, 1.82) is 0 Å². The van der Waals surface area contributed by atoms with Gasteiger partial charge in [0.15, 0.2) is 0 Å². The molecule has 0 bridgehead atoms. The number of unbranched alkanes of at least 4 members (excludes halogenated alkanes) is 2. The first-order chi connectivity index (χ1) is 22.9. The van der Waals surface area contributed by atoms with Gasteiger partial charge in [-0.25, -0.2) is 0 Å². The number of carbonyl (C=O) groups excluding carboxylic acids is 3. The Labute approximate surface area is 291 Å². The van der Waals surface area contributed by atoms with Gasteiger partial charge in [0.25, 0.3) is 5.91 Å². The number of carbonyl (C=O) groups is 3. The Morgan fingerprint density at radius 3 is 2.46 bits per heavy atom. The fourth-order valence-electron chi connectivity index (χ4n) is 6.98. The van der Waals surface area contributed by atoms with Gasteiger partial charge in [0.2, 0.25) is 5.91 Å². The molecule has 2 aliphatic rings. The lowest BCUT2D eigenvalue weighted by molar-refractivity contribution is -0.153. The topological polar surface area (TPSA) is 134 Å². The second-order valence-electron chi connectivity index (χ2n) is 14.5. The van der Waals surface area contributed by atoms with Gasteiger partial charge in [-0.2, -0.15) is 0 Å². The standard InChI is InChI=1S/C38H56N4O5S/c1-26-30(18-13-19-33(26)43)36(45)40-31(25-48-29-16-7-5-8-17-29)34(47-35(44)20-9-6-12-21-39)24-42-23-28-15-11-10-14-27(28)22-32(42)37(46)41-38(2,3)4/h5,7-8,13,16-19,27-28,31-32,34,43H,6,9-12,14-15,20-25,39H2,1-4H3,(H,40,45)(H,41,46)/t27-,28+,31-,32-,34+/m0/s1. The minimum atomic E-state index is -0.713. The highest BCUT2D eigenvalue weighted by Gasteiger charge is 2.42. The van der Waals surface area contributed by atoms with Gasteiger partial charge in [-0.15, -0.1) is 11.8 Å². The van der Waals surface area contributed by atoms with Crippen molar-refractivity contribution in [3.8, 4) is 5.75 Å². The van der Waals surface area contributed by atoms with E-state index in [1.807, 2.05) is 51.1 Å². The molecular weight excluding hydrogens is 625 g/mol. The van der Waals surface area contributed by atoms with E-state index in [9.17, 15) is 19.5 Å². The quantitative estimate of drug-likeness (QED) is 0.105. The Bertz CT molecular complexity index is 1350. The molecule has 1 aliphatic carbocycles. The predicted octanol–water partition coefficient (Wildman–Crippen LogP) is 5.82. The molecule has 0 radical (unpaired) electrons. The molecule has 264 valence electrons. The number of hydrogen-bond donors (Lipinski definition) is 4. The summed E-state index contributed by atoms with van der Waals surface area (Å²) in [6.07, 6.45) is 7.30. The summed E-state index contributed by atoms with van der Waals surface area (Å²) in [6, 6.07) is 13.9. The number of phenolic OH excluding ortho intramolecular Hbond substituents is 1. The number of rotatable bonds is 15. The summed E-state index contributed by atoms with van der Waals surface area (Å²) in [5.41, 5.74) is 6.14. The fourth-order valence-corrected chi connectivity index (χ4v) is 8.00. The molecule has 0 aromatic heterocycles. The van der Waals surface area contributed by atoms with Crippen LogP contribution >= 0.6 is 11.8 Å². The maximum atomic E-state index is 13.8. The van der Waals surface area contributed by atoms with Gasteiger partial charge in [0, 0.05) is 46.8 Å². The molecule has 0 spiro atoms. The Morgan fingerprint density at radius 2 is 1.75 bits per heavy atom. The average Bonchev–Trinajstić information content (AvgIpc) is 3.05. The zero-order valence-electron chi connectivity index (χ0n) is 29.2. The summed E-state index contributed by atoms with van der Waals surface area (Å²) >= 11 is 1.58. The van der Waals surface area contributed by atoms with E-state index in [0.29, 0.717) is 48.2 Å². The van der Waals surface area contributed by atoms with Crippen LogP contribution in [0.4, 0.5) is 0 Å². The third-order valence-electron chi connectivity index (χ3n) is 9.57. The van der Waals surface area contributed by atoms with Crippen molar-refractivity contribution >= 4 is 29.5 Å². The van der Waals surface area contributed by atoms with Crippen molar-refractivity contribution in [2.45, 2.75) is 114 Å². The van der Waals surface area contributed by atoms with E-state index in [1.165, 1.54) is 12.8 Å². The van der Waals surface area contributed by atoms with Crippen molar-refractivity contribution in [1.82, 2.24) is 15.5 Å². The monoisotopic (exact) mass is 680 g/mol. The van der Waals surface area contributed by atoms with E-state index in [-0.39, 0.29) is 41.5 Å². The molecule has 2 aromatic rings. The molecule has 5 N–H and O–H groups in total. The first kappa shape index (κ1) is 37.7. The molecule has 1 heterocycles. The van der Waals surface area contributed by atoms with Gasteiger partial charge < -0.3 is 26.2 Å². The van der Waals surface area contributed by atoms with Crippen LogP contribution in [-0.2, 0) is 14.3 Å². The molecule has 1 saturated carbocycles. The van der Waals surface area contributed by atoms with E-state index in [2.05, 4.69) is 15.5 Å². The van der Waals surface area contributed by atoms with Crippen molar-refractivity contribution in [3.63, 3.8) is 0 Å². The highest BCUT2D eigenvalue weighted by Crippen LogP contribution is 2.39. The molecule has 2 amide bonds. The normalized spacial score (nSPS) is 21.1. The number of nitrogens with zero attached hydrogens (tertiary/aromatic N) is 1. The number of aromatic hydroxyl groups is 1. The Kier molecular flexibility index (Phi) is 14.2. The van der Waals surface area contributed by atoms with Crippen LogP contribution in [0.15, 0.2) is 53.4 Å². The third-order valence-corrected chi connectivity index (χ3v) is 10.7. The van der Waals surface area contributed by atoms with Crippen LogP contribution in [0.25, 0.3) is 0 Å². The van der Waals surface area contributed by atoms with E-state index in [4.69, 9.17) is 10.5 Å². The lowest BCUT2D eigenvalue weighted by atomic mass is 9.72. The zero-order valence-corrected chi connectivity index (χ0v) is 30.0. The van der Waals surface area contributed by atoms with E-state index in [0.717, 1.165) is 43.5 Å². The van der Waals surface area contributed by atoms with Crippen LogP contribution in [0.5, 0.6) is 5.75 Å². The minimum absolute atomic E-state index is 0.00647. The van der Waals surface area contributed by atoms with E-state index >= 15 is 0 Å². The number of nitrogens with one attached hydrogen (secondary N) is 2. The maximum absolute atomic E-state index is 13.8. The third kappa shape index (κ3) is 11.2. The predicted molar refractivity (Wildman–Crippen MR) is 192 cm³/mol. The van der Waals surface area contributed by atoms with Crippen molar-refractivity contribution < 1.29 is 24.2 Å². The van der Waals surface area contributed by atoms with E-state index in [1.54, 1.807) is 36.9 Å². The van der Waals surface area contributed by atoms with Crippen molar-refractivity contribution in [2.75, 3.05) is 25.4 Å². The molecule has 0 unspecified atom stereocenters. The zero-order chi connectivity index (χ0) is 34.7. The molecule has 48 heavy (non-hydrogen) atoms. The van der Waals surface area contributed by atoms with Gasteiger partial charge in [-0.1, -0.05) is 49.9 Å². The SMILES string of the molecule is Cc1c(O)cccc1C(=O)N[C@@H](CSc1ccccc1)[C@@H](CN1C[C@H]2CCCC[C@H]2C[C@H]1C(=O)NC(C)(C)C)OC(=O)CCCCCN. The second-order valence-corrected chi connectivity index (χ2v) is 15.6. The van der Waals surface area contributed by atoms with Gasteiger partial charge in [0.1, 0.15) is 11.9 Å². The number of fused-ring (bicyclic) bond motifs is 1. The van der Waals surface area contributed by atoms with Crippen LogP contribution in [0, 0.1) is 18.8 Å². The fraction of sp³-hybridized carbons (Fsp3) is 0.605. The van der Waals surface area contributed by atoms with Crippen LogP contribution in [0.3, 0.4) is 0 Å². The molecule has 9 nitrogen and oxygen atoms in total. The molecular formula is C38H56N4O5S. The molecule has 4 rings (SSSR count). The summed E-state index contributed by atoms with van der Waals surface area (Å²) in [5.74, 6) is 0.780. The number of phenols is 1. The summed E-state index contributed by atoms with van der Waals surface area (Å²) in [6.45, 7) is 9.33. The van der Waals surface area contributed by atoms with Crippen molar-refractivity contribution in [3.05, 3.63) is 59.7 Å². The number of hydrogen-bond acceptors (Lipinski definition) is 8. The molecule has 1 aliphatic heterocycles. The molecule has 2 aromatic carbocycles. The summed E-state index contributed by atoms with van der Waals surface area (Å²) in [5, 5.41) is 16.8. The lowest BCUT2D eigenvalue weighted by Crippen LogP contribution is -2.61. The number of esters is 1. The number of likely N-dealkylation sites (tertiary alicyclic amines) is 1. The highest BCUT2D eigenvalue weighted by molar-refractivity contribution is 7.99. The van der Waals surface area contributed by atoms with Gasteiger partial charge in [-0.05, 0) is 96.0 Å². The van der Waals surface area contributed by atoms with Crippen LogP contribution in [0.1, 0.15) is 94.5 Å². The van der Waals surface area contributed by atoms with Gasteiger partial charge in [-0.3, -0.25) is 19.3 Å². The van der Waals surface area contributed by atoms with Gasteiger partial charge in [0.05, 0.1) is 12.1 Å². The maximum Gasteiger partial charge on any atom is 0.306 e. The minimum Gasteiger partial charge on any atom is -0.508 e. The summed E-state index contributed by atoms with van der Waals surface area (Å²) in [4.78, 5) is 44.3. The Hall–Kier alpha value is -3.08. The summed E-state index contributed by atoms with van der Waals surface area (Å²) < 4.78 is 6.32. The Balaban J connectivity index is 1.66.